The second kappa shape index (κ2) is 5.30. The molecule has 5 nitrogen and oxygen atoms in total. The summed E-state index contributed by atoms with van der Waals surface area (Å²) in [6, 6.07) is 1.60. The molecule has 1 aromatic heterocycles. The number of fused-ring (bicyclic) bond motifs is 1. The zero-order valence-corrected chi connectivity index (χ0v) is 11.8. The van der Waals surface area contributed by atoms with Crippen LogP contribution >= 0.6 is 0 Å². The van der Waals surface area contributed by atoms with Gasteiger partial charge < -0.3 is 4.74 Å². The Morgan fingerprint density at radius 2 is 1.58 bits per heavy atom. The lowest BCUT2D eigenvalue weighted by atomic mass is 9.79. The highest BCUT2D eigenvalue weighted by atomic mass is 19.2. The number of nitrogens with one attached hydrogen (secondary N) is 2. The first-order valence-corrected chi connectivity index (χ1v) is 6.51. The molecule has 24 heavy (non-hydrogen) atoms. The molecule has 0 saturated carbocycles. The Balaban J connectivity index is 2.38. The molecule has 2 aromatic rings. The van der Waals surface area contributed by atoms with Crippen LogP contribution in [0.3, 0.4) is 0 Å². The Kier molecular flexibility index (Phi) is 3.51. The van der Waals surface area contributed by atoms with Crippen LogP contribution < -0.4 is 4.74 Å². The van der Waals surface area contributed by atoms with Crippen molar-refractivity contribution in [2.75, 3.05) is 0 Å². The van der Waals surface area contributed by atoms with Crippen molar-refractivity contribution >= 4 is 5.90 Å². The molecule has 1 aliphatic rings. The second-order valence-corrected chi connectivity index (χ2v) is 5.10. The molecular formula is C14H7F5N4O. The first-order chi connectivity index (χ1) is 11.3. The van der Waals surface area contributed by atoms with E-state index in [-0.39, 0.29) is 17.1 Å². The van der Waals surface area contributed by atoms with Crippen LogP contribution in [0.4, 0.5) is 22.0 Å². The molecule has 2 heterocycles. The molecule has 0 saturated heterocycles. The van der Waals surface area contributed by atoms with E-state index < -0.39 is 52.4 Å². The predicted molar refractivity (Wildman–Crippen MR) is 68.9 cm³/mol. The van der Waals surface area contributed by atoms with Crippen molar-refractivity contribution in [2.45, 2.75) is 12.8 Å². The summed E-state index contributed by atoms with van der Waals surface area (Å²) in [5.74, 6) is -14.8. The Labute approximate surface area is 131 Å². The number of hydrogen-bond acceptors (Lipinski definition) is 4. The predicted octanol–water partition coefficient (Wildman–Crippen LogP) is 3.05. The van der Waals surface area contributed by atoms with Crippen LogP contribution in [0, 0.1) is 58.7 Å². The van der Waals surface area contributed by atoms with Gasteiger partial charge in [-0.1, -0.05) is 0 Å². The third-order valence-corrected chi connectivity index (χ3v) is 3.79. The first-order valence-electron chi connectivity index (χ1n) is 6.51. The highest BCUT2D eigenvalue weighted by molar-refractivity contribution is 5.84. The third kappa shape index (κ3) is 1.97. The molecule has 0 aliphatic carbocycles. The number of aryl methyl sites for hydroxylation is 1. The number of benzene rings is 1. The maximum absolute atomic E-state index is 14.2. The van der Waals surface area contributed by atoms with Crippen molar-refractivity contribution in [3.05, 3.63) is 45.9 Å². The average Bonchev–Trinajstić information content (AvgIpc) is 2.91. The number of ether oxygens (including phenoxy) is 1. The summed E-state index contributed by atoms with van der Waals surface area (Å²) >= 11 is 0. The van der Waals surface area contributed by atoms with Gasteiger partial charge in [-0.05, 0) is 6.92 Å². The molecule has 0 amide bonds. The van der Waals surface area contributed by atoms with Gasteiger partial charge in [0.2, 0.25) is 17.6 Å². The van der Waals surface area contributed by atoms with Gasteiger partial charge in [-0.2, -0.15) is 5.26 Å². The third-order valence-electron chi connectivity index (χ3n) is 3.79. The number of aromatic amines is 1. The summed E-state index contributed by atoms with van der Waals surface area (Å²) in [5.41, 5.74) is -1.02. The lowest BCUT2D eigenvalue weighted by Gasteiger charge is -2.28. The van der Waals surface area contributed by atoms with Crippen molar-refractivity contribution in [1.29, 1.82) is 10.7 Å². The number of hydrogen-bond donors (Lipinski definition) is 2. The molecule has 1 aliphatic heterocycles. The maximum atomic E-state index is 14.2. The summed E-state index contributed by atoms with van der Waals surface area (Å²) in [6.07, 6.45) is 0. The lowest BCUT2D eigenvalue weighted by molar-refractivity contribution is 0.357. The van der Waals surface area contributed by atoms with E-state index in [9.17, 15) is 27.2 Å². The van der Waals surface area contributed by atoms with E-state index >= 15 is 0 Å². The van der Waals surface area contributed by atoms with Crippen LogP contribution in [0.2, 0.25) is 0 Å². The Hall–Kier alpha value is -2.96. The number of nitriles is 1. The molecule has 0 fully saturated rings. The van der Waals surface area contributed by atoms with Crippen LogP contribution in [0.5, 0.6) is 5.88 Å². The summed E-state index contributed by atoms with van der Waals surface area (Å²) in [5, 5.41) is 23.0. The second-order valence-electron chi connectivity index (χ2n) is 5.10. The van der Waals surface area contributed by atoms with E-state index in [1.165, 1.54) is 6.92 Å². The zero-order valence-electron chi connectivity index (χ0n) is 11.8. The molecule has 0 spiro atoms. The summed E-state index contributed by atoms with van der Waals surface area (Å²) in [6.45, 7) is 1.43. The maximum Gasteiger partial charge on any atom is 0.243 e. The van der Waals surface area contributed by atoms with Gasteiger partial charge in [0.25, 0.3) is 0 Å². The van der Waals surface area contributed by atoms with Gasteiger partial charge in [0.1, 0.15) is 5.92 Å². The number of rotatable bonds is 1. The fourth-order valence-corrected chi connectivity index (χ4v) is 2.68. The van der Waals surface area contributed by atoms with Gasteiger partial charge in [0.05, 0.1) is 6.07 Å². The molecule has 124 valence electrons. The molecule has 2 unspecified atom stereocenters. The van der Waals surface area contributed by atoms with Crippen LogP contribution in [0.25, 0.3) is 0 Å². The van der Waals surface area contributed by atoms with Crippen LogP contribution in [0.15, 0.2) is 0 Å². The monoisotopic (exact) mass is 342 g/mol. The lowest BCUT2D eigenvalue weighted by Crippen LogP contribution is -2.32. The number of nitrogens with zero attached hydrogens (tertiary/aromatic N) is 2. The molecule has 3 rings (SSSR count). The zero-order chi connectivity index (χ0) is 17.8. The Morgan fingerprint density at radius 1 is 1.04 bits per heavy atom. The van der Waals surface area contributed by atoms with Crippen molar-refractivity contribution in [3.63, 3.8) is 0 Å². The minimum Gasteiger partial charge on any atom is -0.422 e. The van der Waals surface area contributed by atoms with Gasteiger partial charge in [0.15, 0.2) is 23.3 Å². The fourth-order valence-electron chi connectivity index (χ4n) is 2.68. The van der Waals surface area contributed by atoms with Gasteiger partial charge in [0, 0.05) is 22.7 Å². The minimum atomic E-state index is -2.30. The molecule has 1 aromatic carbocycles. The number of halogens is 5. The normalized spacial score (nSPS) is 19.6. The van der Waals surface area contributed by atoms with Crippen molar-refractivity contribution in [2.24, 2.45) is 5.92 Å². The molecule has 2 atom stereocenters. The van der Waals surface area contributed by atoms with E-state index in [0.29, 0.717) is 0 Å². The van der Waals surface area contributed by atoms with E-state index in [2.05, 4.69) is 10.2 Å². The fraction of sp³-hybridized carbons (Fsp3) is 0.214. The number of H-pyrrole nitrogens is 1. The molecule has 10 heteroatoms. The van der Waals surface area contributed by atoms with E-state index in [4.69, 9.17) is 10.1 Å². The number of aromatic nitrogens is 2. The van der Waals surface area contributed by atoms with Crippen LogP contribution in [-0.2, 0) is 0 Å². The SMILES string of the molecule is Cc1[nH]nc2c1C(c1c(F)c(F)c(F)c(F)c1F)C(C#N)C(=N)O2. The van der Waals surface area contributed by atoms with Gasteiger partial charge >= 0.3 is 0 Å². The standard InChI is InChI=1S/C14H7F5N4O/c1-3-5-6(4(2-20)13(21)24-14(5)23-22-3)7-8(15)10(17)12(19)11(18)9(7)16/h4,6,21H,1H3,(H,22,23). The van der Waals surface area contributed by atoms with E-state index in [0.717, 1.165) is 0 Å². The van der Waals surface area contributed by atoms with Crippen LogP contribution in [-0.4, -0.2) is 16.1 Å². The molecule has 0 bridgehead atoms. The smallest absolute Gasteiger partial charge is 0.243 e. The van der Waals surface area contributed by atoms with Gasteiger partial charge in [-0.25, -0.2) is 22.0 Å². The molecule has 0 radical (unpaired) electrons. The summed E-state index contributed by atoms with van der Waals surface area (Å²) < 4.78 is 73.7. The van der Waals surface area contributed by atoms with Gasteiger partial charge in [-0.3, -0.25) is 10.5 Å². The highest BCUT2D eigenvalue weighted by Crippen LogP contribution is 2.45. The summed E-state index contributed by atoms with van der Waals surface area (Å²) in [7, 11) is 0. The van der Waals surface area contributed by atoms with Crippen molar-refractivity contribution in [3.8, 4) is 11.9 Å². The largest absolute Gasteiger partial charge is 0.422 e. The first kappa shape index (κ1) is 15.9. The highest BCUT2D eigenvalue weighted by Gasteiger charge is 2.44. The minimum absolute atomic E-state index is 0.0410. The topological polar surface area (TPSA) is 85.5 Å². The quantitative estimate of drug-likeness (QED) is 0.474. The Bertz CT molecular complexity index is 888. The van der Waals surface area contributed by atoms with Gasteiger partial charge in [-0.15, -0.1) is 5.10 Å². The van der Waals surface area contributed by atoms with Crippen molar-refractivity contribution in [1.82, 2.24) is 10.2 Å². The molecule has 2 N–H and O–H groups in total. The summed E-state index contributed by atoms with van der Waals surface area (Å²) in [4.78, 5) is 0. The van der Waals surface area contributed by atoms with Crippen LogP contribution in [0.1, 0.15) is 22.7 Å². The molecular weight excluding hydrogens is 335 g/mol. The van der Waals surface area contributed by atoms with Crippen molar-refractivity contribution < 1.29 is 26.7 Å². The van der Waals surface area contributed by atoms with E-state index in [1.54, 1.807) is 6.07 Å². The average molecular weight is 342 g/mol. The van der Waals surface area contributed by atoms with E-state index in [1.807, 2.05) is 0 Å². The Morgan fingerprint density at radius 3 is 2.12 bits per heavy atom.